The van der Waals surface area contributed by atoms with Crippen molar-refractivity contribution in [1.29, 1.82) is 0 Å². The third-order valence-corrected chi connectivity index (χ3v) is 5.10. The van der Waals surface area contributed by atoms with Crippen LogP contribution in [0.25, 0.3) is 10.1 Å². The van der Waals surface area contributed by atoms with E-state index in [1.807, 2.05) is 31.3 Å². The molecule has 4 heteroatoms. The van der Waals surface area contributed by atoms with Gasteiger partial charge < -0.3 is 5.32 Å². The molecule has 0 saturated carbocycles. The summed E-state index contributed by atoms with van der Waals surface area (Å²) in [5.41, 5.74) is 0.661. The van der Waals surface area contributed by atoms with E-state index in [4.69, 9.17) is 0 Å². The Kier molecular flexibility index (Phi) is 3.87. The van der Waals surface area contributed by atoms with Crippen LogP contribution in [0.2, 0.25) is 0 Å². The average molecular weight is 350 g/mol. The van der Waals surface area contributed by atoms with E-state index in [1.54, 1.807) is 17.4 Å². The molecule has 0 aliphatic heterocycles. The summed E-state index contributed by atoms with van der Waals surface area (Å²) in [6, 6.07) is 15.6. The van der Waals surface area contributed by atoms with E-state index in [0.29, 0.717) is 10.0 Å². The zero-order chi connectivity index (χ0) is 14.1. The van der Waals surface area contributed by atoms with Crippen LogP contribution in [0, 0.1) is 5.82 Å². The third-order valence-electron chi connectivity index (χ3n) is 3.31. The number of hydrogen-bond acceptors (Lipinski definition) is 2. The van der Waals surface area contributed by atoms with E-state index in [0.717, 1.165) is 4.88 Å². The van der Waals surface area contributed by atoms with Crippen molar-refractivity contribution in [3.8, 4) is 0 Å². The first-order valence-electron chi connectivity index (χ1n) is 6.30. The molecule has 0 fully saturated rings. The van der Waals surface area contributed by atoms with E-state index in [2.05, 4.69) is 39.4 Å². The maximum atomic E-state index is 14.3. The Bertz CT molecular complexity index is 720. The molecule has 1 heterocycles. The summed E-state index contributed by atoms with van der Waals surface area (Å²) in [4.78, 5) is 1.12. The summed E-state index contributed by atoms with van der Waals surface area (Å²) in [6.07, 6.45) is 0. The van der Waals surface area contributed by atoms with E-state index in [-0.39, 0.29) is 11.9 Å². The average Bonchev–Trinajstić information content (AvgIpc) is 2.87. The molecule has 3 aromatic rings. The number of nitrogens with one attached hydrogen (secondary N) is 1. The molecule has 0 aliphatic rings. The second-order valence-electron chi connectivity index (χ2n) is 4.55. The Morgan fingerprint density at radius 2 is 1.95 bits per heavy atom. The van der Waals surface area contributed by atoms with Gasteiger partial charge >= 0.3 is 0 Å². The van der Waals surface area contributed by atoms with Gasteiger partial charge in [0.2, 0.25) is 0 Å². The van der Waals surface area contributed by atoms with Crippen molar-refractivity contribution in [2.75, 3.05) is 7.05 Å². The summed E-state index contributed by atoms with van der Waals surface area (Å²) in [7, 11) is 1.86. The van der Waals surface area contributed by atoms with Gasteiger partial charge in [0.15, 0.2) is 0 Å². The van der Waals surface area contributed by atoms with Crippen LogP contribution >= 0.6 is 27.3 Å². The molecule has 0 aliphatic carbocycles. The van der Waals surface area contributed by atoms with Crippen LogP contribution in [0.5, 0.6) is 0 Å². The summed E-state index contributed by atoms with van der Waals surface area (Å²) >= 11 is 4.95. The van der Waals surface area contributed by atoms with E-state index in [9.17, 15) is 4.39 Å². The number of hydrogen-bond donors (Lipinski definition) is 1. The first-order chi connectivity index (χ1) is 9.70. The molecule has 102 valence electrons. The monoisotopic (exact) mass is 349 g/mol. The minimum absolute atomic E-state index is 0.134. The van der Waals surface area contributed by atoms with Gasteiger partial charge in [-0.15, -0.1) is 11.3 Å². The molecule has 20 heavy (non-hydrogen) atoms. The normalized spacial score (nSPS) is 12.8. The van der Waals surface area contributed by atoms with Gasteiger partial charge in [-0.3, -0.25) is 0 Å². The molecule has 1 nitrogen and oxygen atoms in total. The Morgan fingerprint density at radius 3 is 2.70 bits per heavy atom. The molecule has 0 bridgehead atoms. The highest BCUT2D eigenvalue weighted by Gasteiger charge is 2.19. The fourth-order valence-electron chi connectivity index (χ4n) is 2.34. The highest BCUT2D eigenvalue weighted by atomic mass is 79.9. The van der Waals surface area contributed by atoms with Gasteiger partial charge in [-0.25, -0.2) is 4.39 Å². The highest BCUT2D eigenvalue weighted by Crippen LogP contribution is 2.35. The number of fused-ring (bicyclic) bond motifs is 1. The van der Waals surface area contributed by atoms with Gasteiger partial charge in [0.1, 0.15) is 5.82 Å². The van der Waals surface area contributed by atoms with E-state index < -0.39 is 0 Å². The lowest BCUT2D eigenvalue weighted by Crippen LogP contribution is -2.17. The molecule has 0 amide bonds. The molecule has 1 unspecified atom stereocenters. The summed E-state index contributed by atoms with van der Waals surface area (Å²) in [5, 5.41) is 4.41. The lowest BCUT2D eigenvalue weighted by Gasteiger charge is -2.16. The lowest BCUT2D eigenvalue weighted by molar-refractivity contribution is 0.574. The second-order valence-corrected chi connectivity index (χ2v) is 6.52. The van der Waals surface area contributed by atoms with Crippen molar-refractivity contribution in [2.45, 2.75) is 6.04 Å². The van der Waals surface area contributed by atoms with Crippen molar-refractivity contribution in [1.82, 2.24) is 5.32 Å². The number of benzene rings is 2. The first kappa shape index (κ1) is 13.7. The SMILES string of the molecule is CNC(c1cc2ccccc2s1)c1cccc(Br)c1F. The third kappa shape index (κ3) is 2.39. The fraction of sp³-hybridized carbons (Fsp3) is 0.125. The summed E-state index contributed by atoms with van der Waals surface area (Å²) < 4.78 is 16.0. The maximum absolute atomic E-state index is 14.3. The first-order valence-corrected chi connectivity index (χ1v) is 7.91. The quantitative estimate of drug-likeness (QED) is 0.692. The van der Waals surface area contributed by atoms with Gasteiger partial charge in [0.05, 0.1) is 10.5 Å². The van der Waals surface area contributed by atoms with Crippen molar-refractivity contribution in [3.05, 3.63) is 69.3 Å². The van der Waals surface area contributed by atoms with E-state index >= 15 is 0 Å². The highest BCUT2D eigenvalue weighted by molar-refractivity contribution is 9.10. The molecule has 2 aromatic carbocycles. The van der Waals surface area contributed by atoms with Crippen LogP contribution in [0.3, 0.4) is 0 Å². The van der Waals surface area contributed by atoms with Crippen molar-refractivity contribution in [3.63, 3.8) is 0 Å². The van der Waals surface area contributed by atoms with Gasteiger partial charge in [0, 0.05) is 15.1 Å². The second kappa shape index (κ2) is 5.64. The Balaban J connectivity index is 2.11. The van der Waals surface area contributed by atoms with Gasteiger partial charge in [-0.05, 0) is 46.6 Å². The lowest BCUT2D eigenvalue weighted by atomic mass is 10.0. The molecule has 1 atom stereocenters. The van der Waals surface area contributed by atoms with Crippen molar-refractivity contribution in [2.24, 2.45) is 0 Å². The predicted molar refractivity (Wildman–Crippen MR) is 86.8 cm³/mol. The molecular formula is C16H13BrFNS. The Labute approximate surface area is 129 Å². The van der Waals surface area contributed by atoms with Gasteiger partial charge in [0.25, 0.3) is 0 Å². The molecule has 0 radical (unpaired) electrons. The van der Waals surface area contributed by atoms with Crippen LogP contribution in [-0.4, -0.2) is 7.05 Å². The summed E-state index contributed by atoms with van der Waals surface area (Å²) in [5.74, 6) is -0.204. The smallest absolute Gasteiger partial charge is 0.142 e. The molecule has 0 spiro atoms. The van der Waals surface area contributed by atoms with Crippen LogP contribution in [0.15, 0.2) is 53.0 Å². The minimum Gasteiger partial charge on any atom is -0.309 e. The molecule has 1 N–H and O–H groups in total. The predicted octanol–water partition coefficient (Wildman–Crippen LogP) is 5.11. The van der Waals surface area contributed by atoms with Crippen LogP contribution in [-0.2, 0) is 0 Å². The topological polar surface area (TPSA) is 12.0 Å². The summed E-state index contributed by atoms with van der Waals surface area (Å²) in [6.45, 7) is 0. The van der Waals surface area contributed by atoms with Crippen LogP contribution in [0.1, 0.15) is 16.5 Å². The van der Waals surface area contributed by atoms with Crippen molar-refractivity contribution < 1.29 is 4.39 Å². The minimum atomic E-state index is -0.204. The number of rotatable bonds is 3. The maximum Gasteiger partial charge on any atom is 0.142 e. The van der Waals surface area contributed by atoms with Gasteiger partial charge in [-0.1, -0.05) is 30.3 Å². The zero-order valence-electron chi connectivity index (χ0n) is 10.9. The molecular weight excluding hydrogens is 337 g/mol. The van der Waals surface area contributed by atoms with Crippen LogP contribution in [0.4, 0.5) is 4.39 Å². The Morgan fingerprint density at radius 1 is 1.15 bits per heavy atom. The fourth-order valence-corrected chi connectivity index (χ4v) is 3.91. The van der Waals surface area contributed by atoms with E-state index in [1.165, 1.54) is 10.1 Å². The van der Waals surface area contributed by atoms with Crippen LogP contribution < -0.4 is 5.32 Å². The zero-order valence-corrected chi connectivity index (χ0v) is 13.3. The largest absolute Gasteiger partial charge is 0.309 e. The standard InChI is InChI=1S/C16H13BrFNS/c1-19-16(11-6-4-7-12(17)15(11)18)14-9-10-5-2-3-8-13(10)20-14/h2-9,16,19H,1H3. The van der Waals surface area contributed by atoms with Gasteiger partial charge in [-0.2, -0.15) is 0 Å². The number of thiophene rings is 1. The Hall–Kier alpha value is -1.23. The molecule has 1 aromatic heterocycles. The number of halogens is 2. The molecule has 3 rings (SSSR count). The van der Waals surface area contributed by atoms with Crippen molar-refractivity contribution >= 4 is 37.4 Å². The molecule has 0 saturated heterocycles.